The molecule has 0 spiro atoms. The fourth-order valence-electron chi connectivity index (χ4n) is 2.74. The smallest absolute Gasteiger partial charge is 0.251 e. The van der Waals surface area contributed by atoms with Crippen molar-refractivity contribution in [1.29, 1.82) is 0 Å². The first kappa shape index (κ1) is 15.1. The highest BCUT2D eigenvalue weighted by Gasteiger charge is 2.15. The maximum atomic E-state index is 12.5. The lowest BCUT2D eigenvalue weighted by atomic mass is 10.1. The predicted molar refractivity (Wildman–Crippen MR) is 96.0 cm³/mol. The molecule has 0 radical (unpaired) electrons. The van der Waals surface area contributed by atoms with Gasteiger partial charge >= 0.3 is 0 Å². The number of fused-ring (bicyclic) bond motifs is 1. The van der Waals surface area contributed by atoms with Crippen LogP contribution in [0, 0.1) is 0 Å². The van der Waals surface area contributed by atoms with Gasteiger partial charge in [-0.25, -0.2) is 4.98 Å². The van der Waals surface area contributed by atoms with Crippen molar-refractivity contribution in [3.05, 3.63) is 72.2 Å². The van der Waals surface area contributed by atoms with E-state index in [0.717, 1.165) is 28.1 Å². The van der Waals surface area contributed by atoms with Crippen LogP contribution < -0.4 is 5.32 Å². The number of nitrogens with one attached hydrogen (secondary N) is 3. The van der Waals surface area contributed by atoms with Crippen LogP contribution in [-0.4, -0.2) is 26.1 Å². The Hall–Kier alpha value is -3.41. The molecule has 4 aromatic rings. The fourth-order valence-corrected chi connectivity index (χ4v) is 2.74. The van der Waals surface area contributed by atoms with Gasteiger partial charge in [-0.1, -0.05) is 24.3 Å². The molecule has 0 aliphatic heterocycles. The van der Waals surface area contributed by atoms with E-state index in [0.29, 0.717) is 5.56 Å². The molecule has 0 fully saturated rings. The Morgan fingerprint density at radius 3 is 2.60 bits per heavy atom. The molecule has 1 unspecified atom stereocenters. The van der Waals surface area contributed by atoms with Crippen molar-refractivity contribution in [2.75, 3.05) is 0 Å². The van der Waals surface area contributed by atoms with Gasteiger partial charge in [0.25, 0.3) is 5.91 Å². The van der Waals surface area contributed by atoms with E-state index in [9.17, 15) is 4.79 Å². The monoisotopic (exact) mass is 331 g/mol. The summed E-state index contributed by atoms with van der Waals surface area (Å²) in [4.78, 5) is 20.2. The molecular weight excluding hydrogens is 314 g/mol. The Kier molecular flexibility index (Phi) is 3.78. The highest BCUT2D eigenvalue weighted by molar-refractivity contribution is 5.94. The zero-order valence-electron chi connectivity index (χ0n) is 13.7. The Morgan fingerprint density at radius 1 is 1.08 bits per heavy atom. The van der Waals surface area contributed by atoms with Crippen molar-refractivity contribution in [1.82, 2.24) is 25.5 Å². The predicted octanol–water partition coefficient (Wildman–Crippen LogP) is 3.44. The molecule has 1 atom stereocenters. The lowest BCUT2D eigenvalue weighted by Crippen LogP contribution is -2.27. The van der Waals surface area contributed by atoms with Crippen molar-refractivity contribution < 1.29 is 4.79 Å². The topological polar surface area (TPSA) is 86.5 Å². The van der Waals surface area contributed by atoms with E-state index < -0.39 is 0 Å². The van der Waals surface area contributed by atoms with Crippen LogP contribution in [-0.2, 0) is 0 Å². The summed E-state index contributed by atoms with van der Waals surface area (Å²) in [6.07, 6.45) is 1.70. The van der Waals surface area contributed by atoms with Gasteiger partial charge in [0.15, 0.2) is 0 Å². The van der Waals surface area contributed by atoms with Gasteiger partial charge < -0.3 is 10.3 Å². The Balaban J connectivity index is 1.49. The molecule has 6 heteroatoms. The Morgan fingerprint density at radius 2 is 1.88 bits per heavy atom. The Bertz CT molecular complexity index is 969. The van der Waals surface area contributed by atoms with Crippen LogP contribution in [0.15, 0.2) is 60.8 Å². The van der Waals surface area contributed by atoms with Gasteiger partial charge in [-0.3, -0.25) is 9.89 Å². The summed E-state index contributed by atoms with van der Waals surface area (Å²) in [5.74, 6) is 0.604. The van der Waals surface area contributed by atoms with E-state index in [1.54, 1.807) is 18.3 Å². The van der Waals surface area contributed by atoms with Crippen molar-refractivity contribution >= 4 is 16.9 Å². The normalized spacial score (nSPS) is 12.2. The molecule has 0 aliphatic carbocycles. The molecule has 3 N–H and O–H groups in total. The highest BCUT2D eigenvalue weighted by Crippen LogP contribution is 2.18. The first-order valence-corrected chi connectivity index (χ1v) is 8.06. The minimum absolute atomic E-state index is 0.135. The average Bonchev–Trinajstić information content (AvgIpc) is 3.31. The van der Waals surface area contributed by atoms with E-state index in [1.165, 1.54) is 0 Å². The third kappa shape index (κ3) is 3.01. The van der Waals surface area contributed by atoms with Gasteiger partial charge in [0.2, 0.25) is 0 Å². The van der Waals surface area contributed by atoms with Crippen molar-refractivity contribution in [3.8, 4) is 11.3 Å². The maximum absolute atomic E-state index is 12.5. The molecule has 2 aromatic heterocycles. The highest BCUT2D eigenvalue weighted by atomic mass is 16.1. The number of hydrogen-bond donors (Lipinski definition) is 3. The quantitative estimate of drug-likeness (QED) is 0.535. The lowest BCUT2D eigenvalue weighted by molar-refractivity contribution is 0.0938. The number of aromatic amines is 2. The molecule has 0 saturated heterocycles. The maximum Gasteiger partial charge on any atom is 0.251 e. The van der Waals surface area contributed by atoms with Gasteiger partial charge in [0, 0.05) is 11.8 Å². The molecule has 0 bridgehead atoms. The molecule has 0 aliphatic rings. The SMILES string of the molecule is CC(NC(=O)c1ccc(-c2ccn[nH]2)cc1)c1nc2ccccc2[nH]1. The van der Waals surface area contributed by atoms with E-state index in [-0.39, 0.29) is 11.9 Å². The van der Waals surface area contributed by atoms with Gasteiger partial charge in [0.05, 0.1) is 22.8 Å². The van der Waals surface area contributed by atoms with E-state index in [4.69, 9.17) is 0 Å². The second-order valence-corrected chi connectivity index (χ2v) is 5.88. The summed E-state index contributed by atoms with van der Waals surface area (Å²) in [5, 5.41) is 9.81. The van der Waals surface area contributed by atoms with Crippen molar-refractivity contribution in [2.45, 2.75) is 13.0 Å². The van der Waals surface area contributed by atoms with Gasteiger partial charge in [-0.05, 0) is 42.8 Å². The third-order valence-electron chi connectivity index (χ3n) is 4.12. The lowest BCUT2D eigenvalue weighted by Gasteiger charge is -2.11. The summed E-state index contributed by atoms with van der Waals surface area (Å²) in [6.45, 7) is 1.91. The first-order valence-electron chi connectivity index (χ1n) is 8.06. The van der Waals surface area contributed by atoms with E-state index in [2.05, 4.69) is 25.5 Å². The van der Waals surface area contributed by atoms with Gasteiger partial charge in [-0.2, -0.15) is 5.10 Å². The third-order valence-corrected chi connectivity index (χ3v) is 4.12. The standard InChI is InChI=1S/C19H17N5O/c1-12(18-22-16-4-2-3-5-17(16)23-18)21-19(25)14-8-6-13(7-9-14)15-10-11-20-24-15/h2-12H,1H3,(H,20,24)(H,21,25)(H,22,23). The molecule has 2 heterocycles. The number of imidazole rings is 1. The number of benzene rings is 2. The summed E-state index contributed by atoms with van der Waals surface area (Å²) in [5.41, 5.74) is 4.36. The number of amides is 1. The zero-order chi connectivity index (χ0) is 17.2. The Labute approximate surface area is 144 Å². The average molecular weight is 331 g/mol. The van der Waals surface area contributed by atoms with Crippen LogP contribution in [0.2, 0.25) is 0 Å². The first-order chi connectivity index (χ1) is 12.2. The second-order valence-electron chi connectivity index (χ2n) is 5.88. The summed E-state index contributed by atoms with van der Waals surface area (Å²) < 4.78 is 0. The fraction of sp³-hybridized carbons (Fsp3) is 0.105. The van der Waals surface area contributed by atoms with E-state index in [1.807, 2.05) is 49.4 Å². The van der Waals surface area contributed by atoms with Crippen molar-refractivity contribution in [2.24, 2.45) is 0 Å². The number of carbonyl (C=O) groups excluding carboxylic acids is 1. The van der Waals surface area contributed by atoms with Crippen LogP contribution in [0.3, 0.4) is 0 Å². The number of H-pyrrole nitrogens is 2. The second kappa shape index (κ2) is 6.24. The van der Waals surface area contributed by atoms with Crippen LogP contribution in [0.5, 0.6) is 0 Å². The van der Waals surface area contributed by atoms with E-state index >= 15 is 0 Å². The number of nitrogens with zero attached hydrogens (tertiary/aromatic N) is 2. The summed E-state index contributed by atoms with van der Waals surface area (Å²) >= 11 is 0. The number of carbonyl (C=O) groups is 1. The van der Waals surface area contributed by atoms with Crippen LogP contribution in [0.4, 0.5) is 0 Å². The number of hydrogen-bond acceptors (Lipinski definition) is 3. The summed E-state index contributed by atoms with van der Waals surface area (Å²) in [7, 11) is 0. The molecule has 6 nitrogen and oxygen atoms in total. The van der Waals surface area contributed by atoms with Gasteiger partial charge in [-0.15, -0.1) is 0 Å². The molecular formula is C19H17N5O. The minimum Gasteiger partial charge on any atom is -0.342 e. The minimum atomic E-state index is -0.216. The number of aromatic nitrogens is 4. The largest absolute Gasteiger partial charge is 0.342 e. The number of para-hydroxylation sites is 2. The van der Waals surface area contributed by atoms with Crippen molar-refractivity contribution in [3.63, 3.8) is 0 Å². The van der Waals surface area contributed by atoms with Crippen LogP contribution >= 0.6 is 0 Å². The molecule has 25 heavy (non-hydrogen) atoms. The van der Waals surface area contributed by atoms with Gasteiger partial charge in [0.1, 0.15) is 5.82 Å². The molecule has 1 amide bonds. The molecule has 2 aromatic carbocycles. The summed E-state index contributed by atoms with van der Waals surface area (Å²) in [6, 6.07) is 16.9. The van der Waals surface area contributed by atoms with Crippen LogP contribution in [0.25, 0.3) is 22.3 Å². The number of rotatable bonds is 4. The van der Waals surface area contributed by atoms with Crippen LogP contribution in [0.1, 0.15) is 29.1 Å². The molecule has 0 saturated carbocycles. The molecule has 4 rings (SSSR count). The zero-order valence-corrected chi connectivity index (χ0v) is 13.7. The molecule has 124 valence electrons.